The number of ether oxygens (including phenoxy) is 1. The highest BCUT2D eigenvalue weighted by Gasteiger charge is 2.33. The molecule has 1 atom stereocenters. The van der Waals surface area contributed by atoms with Gasteiger partial charge in [0.05, 0.1) is 0 Å². The van der Waals surface area contributed by atoms with Crippen LogP contribution in [-0.4, -0.2) is 18.5 Å². The van der Waals surface area contributed by atoms with Crippen molar-refractivity contribution in [2.45, 2.75) is 70.3 Å². The highest BCUT2D eigenvalue weighted by molar-refractivity contribution is 5.69. The van der Waals surface area contributed by atoms with Crippen molar-refractivity contribution in [2.75, 3.05) is 0 Å². The minimum absolute atomic E-state index is 0.0368. The van der Waals surface area contributed by atoms with E-state index < -0.39 is 24.9 Å². The van der Waals surface area contributed by atoms with Gasteiger partial charge in [-0.25, -0.2) is 4.39 Å². The summed E-state index contributed by atoms with van der Waals surface area (Å²) in [5.41, 5.74) is 0. The molecule has 20 heavy (non-hydrogen) atoms. The van der Waals surface area contributed by atoms with Crippen molar-refractivity contribution in [3.63, 3.8) is 0 Å². The molecule has 0 saturated heterocycles. The van der Waals surface area contributed by atoms with Crippen LogP contribution in [0.3, 0.4) is 0 Å². The largest absolute Gasteiger partial charge is 0.431 e. The molecule has 6 heteroatoms. The van der Waals surface area contributed by atoms with Crippen LogP contribution in [0, 0.1) is 0 Å². The molecule has 0 fully saturated rings. The first-order valence-electron chi connectivity index (χ1n) is 6.86. The van der Waals surface area contributed by atoms with Crippen LogP contribution in [0.1, 0.15) is 57.8 Å². The monoisotopic (exact) mass is 298 g/mol. The van der Waals surface area contributed by atoms with E-state index in [2.05, 4.69) is 11.3 Å². The Labute approximate surface area is 117 Å². The maximum Gasteiger partial charge on any atom is 0.395 e. The SMILES string of the molecule is C=CCCCCCCCCC(=O)OC(F)CC(F)(F)F. The van der Waals surface area contributed by atoms with E-state index in [9.17, 15) is 22.4 Å². The van der Waals surface area contributed by atoms with Crippen molar-refractivity contribution in [1.82, 2.24) is 0 Å². The number of rotatable bonds is 11. The Hall–Kier alpha value is -1.07. The van der Waals surface area contributed by atoms with Crippen molar-refractivity contribution in [1.29, 1.82) is 0 Å². The second-order valence-electron chi connectivity index (χ2n) is 4.67. The summed E-state index contributed by atoms with van der Waals surface area (Å²) in [6.45, 7) is 3.62. The number of hydrogen-bond donors (Lipinski definition) is 0. The Bertz CT molecular complexity index is 277. The quantitative estimate of drug-likeness (QED) is 0.230. The molecule has 0 heterocycles. The molecule has 0 amide bonds. The van der Waals surface area contributed by atoms with Crippen molar-refractivity contribution >= 4 is 5.97 Å². The first kappa shape index (κ1) is 18.9. The fourth-order valence-corrected chi connectivity index (χ4v) is 1.69. The molecule has 1 unspecified atom stereocenters. The van der Waals surface area contributed by atoms with E-state index in [-0.39, 0.29) is 6.42 Å². The van der Waals surface area contributed by atoms with Gasteiger partial charge < -0.3 is 4.74 Å². The van der Waals surface area contributed by atoms with Gasteiger partial charge in [-0.05, 0) is 19.3 Å². The lowest BCUT2D eigenvalue weighted by Crippen LogP contribution is -2.21. The van der Waals surface area contributed by atoms with Gasteiger partial charge in [0.25, 0.3) is 0 Å². The molecule has 0 aliphatic heterocycles. The molecule has 0 bridgehead atoms. The molecule has 0 saturated carbocycles. The lowest BCUT2D eigenvalue weighted by molar-refractivity contribution is -0.190. The summed E-state index contributed by atoms with van der Waals surface area (Å²) in [5, 5.41) is 0. The number of carbonyl (C=O) groups excluding carboxylic acids is 1. The van der Waals surface area contributed by atoms with Crippen molar-refractivity contribution in [2.24, 2.45) is 0 Å². The van der Waals surface area contributed by atoms with Crippen LogP contribution in [0.25, 0.3) is 0 Å². The molecule has 0 aliphatic rings. The van der Waals surface area contributed by atoms with E-state index in [1.54, 1.807) is 0 Å². The van der Waals surface area contributed by atoms with Gasteiger partial charge in [0.1, 0.15) is 6.42 Å². The summed E-state index contributed by atoms with van der Waals surface area (Å²) in [4.78, 5) is 11.1. The van der Waals surface area contributed by atoms with Crippen LogP contribution in [0.4, 0.5) is 17.6 Å². The molecular weight excluding hydrogens is 276 g/mol. The van der Waals surface area contributed by atoms with E-state index in [0.717, 1.165) is 38.5 Å². The highest BCUT2D eigenvalue weighted by atomic mass is 19.4. The predicted molar refractivity (Wildman–Crippen MR) is 68.8 cm³/mol. The molecule has 0 spiro atoms. The minimum atomic E-state index is -4.66. The fourth-order valence-electron chi connectivity index (χ4n) is 1.69. The second-order valence-corrected chi connectivity index (χ2v) is 4.67. The summed E-state index contributed by atoms with van der Waals surface area (Å²) in [5.74, 6) is -0.909. The molecule has 0 aromatic rings. The van der Waals surface area contributed by atoms with Crippen LogP contribution in [-0.2, 0) is 9.53 Å². The van der Waals surface area contributed by atoms with Crippen LogP contribution < -0.4 is 0 Å². The number of esters is 1. The Morgan fingerprint density at radius 3 is 2.20 bits per heavy atom. The van der Waals surface area contributed by atoms with Gasteiger partial charge in [-0.3, -0.25) is 4.79 Å². The van der Waals surface area contributed by atoms with Gasteiger partial charge in [0, 0.05) is 6.42 Å². The zero-order chi connectivity index (χ0) is 15.4. The van der Waals surface area contributed by atoms with Crippen LogP contribution in [0.2, 0.25) is 0 Å². The summed E-state index contributed by atoms with van der Waals surface area (Å²) in [7, 11) is 0. The fraction of sp³-hybridized carbons (Fsp3) is 0.786. The Morgan fingerprint density at radius 2 is 1.65 bits per heavy atom. The molecule has 2 nitrogen and oxygen atoms in total. The Balaban J connectivity index is 3.47. The van der Waals surface area contributed by atoms with E-state index in [1.807, 2.05) is 6.08 Å². The number of unbranched alkanes of at least 4 members (excludes halogenated alkanes) is 6. The second kappa shape index (κ2) is 10.7. The first-order valence-corrected chi connectivity index (χ1v) is 6.86. The molecule has 0 aromatic carbocycles. The molecule has 0 radical (unpaired) electrons. The topological polar surface area (TPSA) is 26.3 Å². The van der Waals surface area contributed by atoms with Gasteiger partial charge in [-0.1, -0.05) is 31.8 Å². The number of halogens is 4. The first-order chi connectivity index (χ1) is 9.35. The van der Waals surface area contributed by atoms with Crippen molar-refractivity contribution in [3.8, 4) is 0 Å². The van der Waals surface area contributed by atoms with Gasteiger partial charge in [0.2, 0.25) is 6.36 Å². The normalized spacial score (nSPS) is 13.0. The van der Waals surface area contributed by atoms with Crippen molar-refractivity contribution in [3.05, 3.63) is 12.7 Å². The Morgan fingerprint density at radius 1 is 1.10 bits per heavy atom. The predicted octanol–water partition coefficient (Wildman–Crippen LogP) is 5.08. The lowest BCUT2D eigenvalue weighted by Gasteiger charge is -2.12. The molecule has 0 N–H and O–H groups in total. The van der Waals surface area contributed by atoms with Crippen LogP contribution in [0.15, 0.2) is 12.7 Å². The van der Waals surface area contributed by atoms with Gasteiger partial charge in [-0.15, -0.1) is 6.58 Å². The van der Waals surface area contributed by atoms with Crippen molar-refractivity contribution < 1.29 is 27.1 Å². The number of carbonyl (C=O) groups is 1. The van der Waals surface area contributed by atoms with Crippen LogP contribution >= 0.6 is 0 Å². The summed E-state index contributed by atoms with van der Waals surface area (Å²) in [6.07, 6.45) is -0.707. The third kappa shape index (κ3) is 13.4. The standard InChI is InChI=1S/C14H22F4O2/c1-2-3-4-5-6-7-8-9-10-13(19)20-12(15)11-14(16,17)18/h2,12H,1,3-11H2. The van der Waals surface area contributed by atoms with E-state index in [1.165, 1.54) is 0 Å². The van der Waals surface area contributed by atoms with E-state index in [4.69, 9.17) is 0 Å². The highest BCUT2D eigenvalue weighted by Crippen LogP contribution is 2.23. The maximum absolute atomic E-state index is 12.7. The minimum Gasteiger partial charge on any atom is -0.431 e. The zero-order valence-electron chi connectivity index (χ0n) is 11.6. The average molecular weight is 298 g/mol. The molecule has 0 aromatic heterocycles. The molecule has 0 rings (SSSR count). The smallest absolute Gasteiger partial charge is 0.395 e. The number of allylic oxidation sites excluding steroid dienone is 1. The Kier molecular flexibility index (Phi) is 10.1. The third-order valence-corrected chi connectivity index (χ3v) is 2.69. The molecular formula is C14H22F4O2. The van der Waals surface area contributed by atoms with Crippen LogP contribution in [0.5, 0.6) is 0 Å². The number of hydrogen-bond acceptors (Lipinski definition) is 2. The summed E-state index contributed by atoms with van der Waals surface area (Å²) >= 11 is 0. The lowest BCUT2D eigenvalue weighted by atomic mass is 10.1. The van der Waals surface area contributed by atoms with Gasteiger partial charge in [-0.2, -0.15) is 13.2 Å². The number of alkyl halides is 4. The van der Waals surface area contributed by atoms with E-state index in [0.29, 0.717) is 6.42 Å². The zero-order valence-corrected chi connectivity index (χ0v) is 11.6. The molecule has 0 aliphatic carbocycles. The maximum atomic E-state index is 12.7. The van der Waals surface area contributed by atoms with Gasteiger partial charge >= 0.3 is 12.1 Å². The summed E-state index contributed by atoms with van der Waals surface area (Å²) in [6, 6.07) is 0. The third-order valence-electron chi connectivity index (χ3n) is 2.69. The molecule has 118 valence electrons. The van der Waals surface area contributed by atoms with Gasteiger partial charge in [0.15, 0.2) is 0 Å². The van der Waals surface area contributed by atoms with E-state index >= 15 is 0 Å². The average Bonchev–Trinajstić information content (AvgIpc) is 2.30. The summed E-state index contributed by atoms with van der Waals surface area (Å²) < 4.78 is 52.2.